The summed E-state index contributed by atoms with van der Waals surface area (Å²) in [5.74, 6) is 1.49. The molecule has 4 nitrogen and oxygen atoms in total. The predicted octanol–water partition coefficient (Wildman–Crippen LogP) is 4.10. The Labute approximate surface area is 149 Å². The standard InChI is InChI=1S/C21H26N2O2/c1-15-6-5-10-22(13-15)21(24)18-9-11-25-20(18)14-23-16(2)12-17-7-3-4-8-19(17)23/h3-4,7-9,11,15-16H,5-6,10,12-14H2,1-2H3. The minimum absolute atomic E-state index is 0.121. The highest BCUT2D eigenvalue weighted by molar-refractivity contribution is 5.95. The van der Waals surface area contributed by atoms with Crippen LogP contribution < -0.4 is 4.90 Å². The highest BCUT2D eigenvalue weighted by Crippen LogP contribution is 2.34. The van der Waals surface area contributed by atoms with E-state index in [4.69, 9.17) is 4.42 Å². The second-order valence-electron chi connectivity index (χ2n) is 7.57. The molecule has 1 fully saturated rings. The average molecular weight is 338 g/mol. The van der Waals surface area contributed by atoms with E-state index in [0.29, 0.717) is 18.5 Å². The first-order chi connectivity index (χ1) is 12.1. The third-order valence-electron chi connectivity index (χ3n) is 5.58. The van der Waals surface area contributed by atoms with E-state index in [2.05, 4.69) is 43.0 Å². The Morgan fingerprint density at radius 1 is 1.24 bits per heavy atom. The largest absolute Gasteiger partial charge is 0.467 e. The number of anilines is 1. The maximum absolute atomic E-state index is 13.0. The van der Waals surface area contributed by atoms with Crippen molar-refractivity contribution >= 4 is 11.6 Å². The first kappa shape index (κ1) is 16.2. The minimum Gasteiger partial charge on any atom is -0.467 e. The number of benzene rings is 1. The van der Waals surface area contributed by atoms with Crippen molar-refractivity contribution in [1.82, 2.24) is 4.90 Å². The van der Waals surface area contributed by atoms with Gasteiger partial charge in [0.1, 0.15) is 5.76 Å². The van der Waals surface area contributed by atoms with Gasteiger partial charge in [0, 0.05) is 24.8 Å². The van der Waals surface area contributed by atoms with Crippen molar-refractivity contribution in [2.75, 3.05) is 18.0 Å². The van der Waals surface area contributed by atoms with E-state index in [1.54, 1.807) is 6.26 Å². The number of carbonyl (C=O) groups is 1. The number of rotatable bonds is 3. The molecule has 0 bridgehead atoms. The fraction of sp³-hybridized carbons (Fsp3) is 0.476. The summed E-state index contributed by atoms with van der Waals surface area (Å²) in [5.41, 5.74) is 3.36. The molecule has 25 heavy (non-hydrogen) atoms. The number of carbonyl (C=O) groups excluding carboxylic acids is 1. The Kier molecular flexibility index (Phi) is 4.28. The topological polar surface area (TPSA) is 36.7 Å². The van der Waals surface area contributed by atoms with E-state index in [-0.39, 0.29) is 5.91 Å². The molecule has 1 amide bonds. The van der Waals surface area contributed by atoms with Crippen molar-refractivity contribution in [2.45, 2.75) is 45.7 Å². The molecule has 1 saturated heterocycles. The lowest BCUT2D eigenvalue weighted by molar-refractivity contribution is 0.0680. The molecule has 2 aliphatic heterocycles. The van der Waals surface area contributed by atoms with Gasteiger partial charge in [0.2, 0.25) is 0 Å². The Balaban J connectivity index is 1.55. The first-order valence-electron chi connectivity index (χ1n) is 9.33. The van der Waals surface area contributed by atoms with Gasteiger partial charge in [-0.15, -0.1) is 0 Å². The number of nitrogens with zero attached hydrogens (tertiary/aromatic N) is 2. The number of furan rings is 1. The number of hydrogen-bond donors (Lipinski definition) is 0. The lowest BCUT2D eigenvalue weighted by atomic mass is 9.99. The molecule has 0 spiro atoms. The van der Waals surface area contributed by atoms with Gasteiger partial charge in [0.25, 0.3) is 5.91 Å². The van der Waals surface area contributed by atoms with Gasteiger partial charge in [-0.05, 0) is 49.8 Å². The van der Waals surface area contributed by atoms with Crippen molar-refractivity contribution in [3.8, 4) is 0 Å². The zero-order valence-corrected chi connectivity index (χ0v) is 15.1. The van der Waals surface area contributed by atoms with E-state index in [9.17, 15) is 4.79 Å². The Morgan fingerprint density at radius 2 is 2.08 bits per heavy atom. The fourth-order valence-corrected chi connectivity index (χ4v) is 4.22. The van der Waals surface area contributed by atoms with Crippen LogP contribution in [0.5, 0.6) is 0 Å². The van der Waals surface area contributed by atoms with Crippen LogP contribution >= 0.6 is 0 Å². The third kappa shape index (κ3) is 3.06. The molecule has 2 atom stereocenters. The van der Waals surface area contributed by atoms with E-state index < -0.39 is 0 Å². The molecular formula is C21H26N2O2. The van der Waals surface area contributed by atoms with E-state index in [1.807, 2.05) is 11.0 Å². The molecule has 4 heteroatoms. The molecule has 2 aromatic rings. The number of fused-ring (bicyclic) bond motifs is 1. The van der Waals surface area contributed by atoms with Crippen LogP contribution in [0.15, 0.2) is 41.0 Å². The second-order valence-corrected chi connectivity index (χ2v) is 7.57. The van der Waals surface area contributed by atoms with Crippen LogP contribution in [-0.2, 0) is 13.0 Å². The first-order valence-corrected chi connectivity index (χ1v) is 9.33. The van der Waals surface area contributed by atoms with Gasteiger partial charge in [-0.2, -0.15) is 0 Å². The normalized spacial score (nSPS) is 23.0. The highest BCUT2D eigenvalue weighted by atomic mass is 16.3. The van der Waals surface area contributed by atoms with Gasteiger partial charge in [0.15, 0.2) is 0 Å². The monoisotopic (exact) mass is 338 g/mol. The van der Waals surface area contributed by atoms with E-state index >= 15 is 0 Å². The van der Waals surface area contributed by atoms with Crippen LogP contribution in [0.3, 0.4) is 0 Å². The van der Waals surface area contributed by atoms with Crippen LogP contribution in [0.25, 0.3) is 0 Å². The van der Waals surface area contributed by atoms with Crippen LogP contribution in [0.2, 0.25) is 0 Å². The minimum atomic E-state index is 0.121. The maximum Gasteiger partial charge on any atom is 0.257 e. The molecule has 1 aromatic heterocycles. The summed E-state index contributed by atoms with van der Waals surface area (Å²) in [6.07, 6.45) is 5.01. The molecular weight excluding hydrogens is 312 g/mol. The van der Waals surface area contributed by atoms with Crippen LogP contribution in [-0.4, -0.2) is 29.9 Å². The van der Waals surface area contributed by atoms with Gasteiger partial charge in [-0.1, -0.05) is 25.1 Å². The summed E-state index contributed by atoms with van der Waals surface area (Å²) in [4.78, 5) is 17.3. The fourth-order valence-electron chi connectivity index (χ4n) is 4.22. The third-order valence-corrected chi connectivity index (χ3v) is 5.58. The van der Waals surface area contributed by atoms with Crippen LogP contribution in [0.1, 0.15) is 48.4 Å². The summed E-state index contributed by atoms with van der Waals surface area (Å²) < 4.78 is 5.74. The SMILES string of the molecule is CC1CCCN(C(=O)c2ccoc2CN2c3ccccc3CC2C)C1. The molecule has 1 aromatic carbocycles. The van der Waals surface area contributed by atoms with Gasteiger partial charge in [-0.25, -0.2) is 0 Å². The van der Waals surface area contributed by atoms with Crippen molar-refractivity contribution in [1.29, 1.82) is 0 Å². The van der Waals surface area contributed by atoms with Gasteiger partial charge in [0.05, 0.1) is 18.4 Å². The second kappa shape index (κ2) is 6.58. The molecule has 0 aliphatic carbocycles. The van der Waals surface area contributed by atoms with Gasteiger partial charge >= 0.3 is 0 Å². The molecule has 2 unspecified atom stereocenters. The maximum atomic E-state index is 13.0. The average Bonchev–Trinajstić information content (AvgIpc) is 3.19. The number of hydrogen-bond acceptors (Lipinski definition) is 3. The number of para-hydroxylation sites is 1. The van der Waals surface area contributed by atoms with Crippen molar-refractivity contribution in [2.24, 2.45) is 5.92 Å². The lowest BCUT2D eigenvalue weighted by Crippen LogP contribution is -2.39. The summed E-state index contributed by atoms with van der Waals surface area (Å²) in [6.45, 7) is 6.81. The molecule has 0 saturated carbocycles. The van der Waals surface area contributed by atoms with Crippen molar-refractivity contribution in [3.63, 3.8) is 0 Å². The smallest absolute Gasteiger partial charge is 0.257 e. The van der Waals surface area contributed by atoms with Crippen LogP contribution in [0.4, 0.5) is 5.69 Å². The Hall–Kier alpha value is -2.23. The number of piperidine rings is 1. The molecule has 3 heterocycles. The van der Waals surface area contributed by atoms with E-state index in [1.165, 1.54) is 17.7 Å². The zero-order valence-electron chi connectivity index (χ0n) is 15.1. The molecule has 2 aliphatic rings. The quantitative estimate of drug-likeness (QED) is 0.845. The summed E-state index contributed by atoms with van der Waals surface area (Å²) in [5, 5.41) is 0. The molecule has 0 radical (unpaired) electrons. The lowest BCUT2D eigenvalue weighted by Gasteiger charge is -2.31. The van der Waals surface area contributed by atoms with Crippen molar-refractivity contribution < 1.29 is 9.21 Å². The Bertz CT molecular complexity index is 767. The number of likely N-dealkylation sites (tertiary alicyclic amines) is 1. The summed E-state index contributed by atoms with van der Waals surface area (Å²) in [6, 6.07) is 10.8. The Morgan fingerprint density at radius 3 is 2.92 bits per heavy atom. The zero-order chi connectivity index (χ0) is 17.4. The van der Waals surface area contributed by atoms with Gasteiger partial charge < -0.3 is 14.2 Å². The number of amides is 1. The van der Waals surface area contributed by atoms with Crippen LogP contribution in [0, 0.1) is 5.92 Å². The molecule has 132 valence electrons. The summed E-state index contributed by atoms with van der Waals surface area (Å²) >= 11 is 0. The molecule has 0 N–H and O–H groups in total. The predicted molar refractivity (Wildman–Crippen MR) is 98.8 cm³/mol. The highest BCUT2D eigenvalue weighted by Gasteiger charge is 2.30. The van der Waals surface area contributed by atoms with E-state index in [0.717, 1.165) is 37.3 Å². The van der Waals surface area contributed by atoms with Crippen molar-refractivity contribution in [3.05, 3.63) is 53.5 Å². The molecule has 4 rings (SSSR count). The summed E-state index contributed by atoms with van der Waals surface area (Å²) in [7, 11) is 0. The van der Waals surface area contributed by atoms with Gasteiger partial charge in [-0.3, -0.25) is 4.79 Å².